The van der Waals surface area contributed by atoms with E-state index in [1.165, 1.54) is 0 Å². The summed E-state index contributed by atoms with van der Waals surface area (Å²) >= 11 is 0. The molecule has 1 rings (SSSR count). The summed E-state index contributed by atoms with van der Waals surface area (Å²) in [5.41, 5.74) is 11.5. The second kappa shape index (κ2) is 4.62. The molecule has 0 aromatic heterocycles. The van der Waals surface area contributed by atoms with Crippen LogP contribution >= 0.6 is 0 Å². The molecular formula is C10H14N2O2. The second-order valence-corrected chi connectivity index (χ2v) is 3.06. The molecule has 1 atom stereocenters. The first-order chi connectivity index (χ1) is 6.63. The third-order valence-electron chi connectivity index (χ3n) is 1.98. The highest BCUT2D eigenvalue weighted by atomic mass is 16.5. The van der Waals surface area contributed by atoms with Crippen LogP contribution in [0, 0.1) is 0 Å². The topological polar surface area (TPSA) is 78.3 Å². The first kappa shape index (κ1) is 10.5. The lowest BCUT2D eigenvalue weighted by Crippen LogP contribution is -2.38. The van der Waals surface area contributed by atoms with Crippen molar-refractivity contribution in [2.24, 2.45) is 11.5 Å². The van der Waals surface area contributed by atoms with Crippen LogP contribution in [0.5, 0.6) is 5.75 Å². The summed E-state index contributed by atoms with van der Waals surface area (Å²) in [7, 11) is 1.60. The van der Waals surface area contributed by atoms with Crippen LogP contribution in [-0.2, 0) is 11.2 Å². The Bertz CT molecular complexity index is 308. The highest BCUT2D eigenvalue weighted by molar-refractivity contribution is 5.79. The van der Waals surface area contributed by atoms with Gasteiger partial charge in [0.2, 0.25) is 5.91 Å². The summed E-state index contributed by atoms with van der Waals surface area (Å²) in [5, 5.41) is 0. The van der Waals surface area contributed by atoms with Gasteiger partial charge in [-0.1, -0.05) is 12.1 Å². The Hall–Kier alpha value is -1.55. The van der Waals surface area contributed by atoms with Crippen molar-refractivity contribution in [1.82, 2.24) is 0 Å². The zero-order chi connectivity index (χ0) is 10.6. The van der Waals surface area contributed by atoms with Gasteiger partial charge in [0.1, 0.15) is 5.75 Å². The maximum absolute atomic E-state index is 10.7. The summed E-state index contributed by atoms with van der Waals surface area (Å²) in [5.74, 6) is 0.294. The molecule has 1 aromatic carbocycles. The Morgan fingerprint density at radius 2 is 2.00 bits per heavy atom. The number of hydrogen-bond acceptors (Lipinski definition) is 3. The third kappa shape index (κ3) is 2.74. The molecule has 4 heteroatoms. The largest absolute Gasteiger partial charge is 0.497 e. The molecule has 1 aromatic rings. The summed E-state index contributed by atoms with van der Waals surface area (Å²) in [6.45, 7) is 0. The molecule has 0 aliphatic rings. The van der Waals surface area contributed by atoms with Gasteiger partial charge >= 0.3 is 0 Å². The molecule has 1 amide bonds. The zero-order valence-electron chi connectivity index (χ0n) is 8.07. The SMILES string of the molecule is COc1ccc(C[C@H](N)C(N)=O)cc1. The fraction of sp³-hybridized carbons (Fsp3) is 0.300. The van der Waals surface area contributed by atoms with Crippen molar-refractivity contribution < 1.29 is 9.53 Å². The number of rotatable bonds is 4. The number of carbonyl (C=O) groups is 1. The number of amides is 1. The lowest BCUT2D eigenvalue weighted by Gasteiger charge is -2.07. The number of carbonyl (C=O) groups excluding carboxylic acids is 1. The van der Waals surface area contributed by atoms with Crippen LogP contribution in [-0.4, -0.2) is 19.1 Å². The molecule has 0 heterocycles. The van der Waals surface area contributed by atoms with E-state index in [-0.39, 0.29) is 0 Å². The Kier molecular flexibility index (Phi) is 3.48. The van der Waals surface area contributed by atoms with Gasteiger partial charge < -0.3 is 16.2 Å². The van der Waals surface area contributed by atoms with Crippen LogP contribution in [0.15, 0.2) is 24.3 Å². The molecule has 4 nitrogen and oxygen atoms in total. The van der Waals surface area contributed by atoms with E-state index in [1.807, 2.05) is 24.3 Å². The molecule has 0 radical (unpaired) electrons. The molecule has 0 aliphatic carbocycles. The Balaban J connectivity index is 2.64. The lowest BCUT2D eigenvalue weighted by atomic mass is 10.1. The molecule has 4 N–H and O–H groups in total. The van der Waals surface area contributed by atoms with E-state index in [4.69, 9.17) is 16.2 Å². The summed E-state index contributed by atoms with van der Waals surface area (Å²) < 4.78 is 5.00. The van der Waals surface area contributed by atoms with Crippen LogP contribution in [0.2, 0.25) is 0 Å². The van der Waals surface area contributed by atoms with Crippen molar-refractivity contribution in [2.75, 3.05) is 7.11 Å². The van der Waals surface area contributed by atoms with Crippen molar-refractivity contribution in [3.63, 3.8) is 0 Å². The fourth-order valence-electron chi connectivity index (χ4n) is 1.12. The normalized spacial score (nSPS) is 12.1. The minimum absolute atomic E-state index is 0.458. The predicted octanol–water partition coefficient (Wildman–Crippen LogP) is 0.0503. The molecule has 0 bridgehead atoms. The standard InChI is InChI=1S/C10H14N2O2/c1-14-8-4-2-7(3-5-8)6-9(11)10(12)13/h2-5,9H,6,11H2,1H3,(H2,12,13)/t9-/m0/s1. The Labute approximate surface area is 82.8 Å². The van der Waals surface area contributed by atoms with Crippen molar-refractivity contribution >= 4 is 5.91 Å². The van der Waals surface area contributed by atoms with E-state index < -0.39 is 11.9 Å². The van der Waals surface area contributed by atoms with Gasteiger partial charge in [-0.3, -0.25) is 4.79 Å². The summed E-state index contributed by atoms with van der Waals surface area (Å²) in [6, 6.07) is 6.75. The van der Waals surface area contributed by atoms with Gasteiger partial charge in [0.05, 0.1) is 13.2 Å². The van der Waals surface area contributed by atoms with Crippen LogP contribution < -0.4 is 16.2 Å². The van der Waals surface area contributed by atoms with Gasteiger partial charge in [-0.2, -0.15) is 0 Å². The van der Waals surface area contributed by atoms with Gasteiger partial charge in [-0.05, 0) is 24.1 Å². The van der Waals surface area contributed by atoms with E-state index in [0.717, 1.165) is 11.3 Å². The molecule has 0 saturated heterocycles. The number of hydrogen-bond donors (Lipinski definition) is 2. The maximum atomic E-state index is 10.7. The lowest BCUT2D eigenvalue weighted by molar-refractivity contribution is -0.119. The van der Waals surface area contributed by atoms with Gasteiger partial charge in [0.25, 0.3) is 0 Å². The Morgan fingerprint density at radius 1 is 1.43 bits per heavy atom. The summed E-state index contributed by atoms with van der Waals surface area (Å²) in [6.07, 6.45) is 0.458. The summed E-state index contributed by atoms with van der Waals surface area (Å²) in [4.78, 5) is 10.7. The number of benzene rings is 1. The minimum Gasteiger partial charge on any atom is -0.497 e. The highest BCUT2D eigenvalue weighted by Gasteiger charge is 2.09. The average Bonchev–Trinajstić information content (AvgIpc) is 2.19. The monoisotopic (exact) mass is 194 g/mol. The molecule has 0 fully saturated rings. The van der Waals surface area contributed by atoms with E-state index >= 15 is 0 Å². The quantitative estimate of drug-likeness (QED) is 0.710. The van der Waals surface area contributed by atoms with Gasteiger partial charge in [0, 0.05) is 0 Å². The molecule has 76 valence electrons. The van der Waals surface area contributed by atoms with Crippen LogP contribution in [0.1, 0.15) is 5.56 Å². The molecule has 0 spiro atoms. The predicted molar refractivity (Wildman–Crippen MR) is 53.9 cm³/mol. The molecule has 14 heavy (non-hydrogen) atoms. The van der Waals surface area contributed by atoms with Crippen molar-refractivity contribution in [3.8, 4) is 5.75 Å². The average molecular weight is 194 g/mol. The van der Waals surface area contributed by atoms with Gasteiger partial charge in [-0.15, -0.1) is 0 Å². The first-order valence-electron chi connectivity index (χ1n) is 4.31. The van der Waals surface area contributed by atoms with E-state index in [2.05, 4.69) is 0 Å². The number of nitrogens with two attached hydrogens (primary N) is 2. The van der Waals surface area contributed by atoms with Crippen molar-refractivity contribution in [1.29, 1.82) is 0 Å². The van der Waals surface area contributed by atoms with Crippen molar-refractivity contribution in [3.05, 3.63) is 29.8 Å². The smallest absolute Gasteiger partial charge is 0.234 e. The van der Waals surface area contributed by atoms with Crippen LogP contribution in [0.3, 0.4) is 0 Å². The van der Waals surface area contributed by atoms with Crippen LogP contribution in [0.25, 0.3) is 0 Å². The second-order valence-electron chi connectivity index (χ2n) is 3.06. The first-order valence-corrected chi connectivity index (χ1v) is 4.31. The number of methoxy groups -OCH3 is 1. The van der Waals surface area contributed by atoms with Gasteiger partial charge in [-0.25, -0.2) is 0 Å². The van der Waals surface area contributed by atoms with E-state index in [9.17, 15) is 4.79 Å². The molecule has 0 saturated carbocycles. The maximum Gasteiger partial charge on any atom is 0.234 e. The van der Waals surface area contributed by atoms with Crippen LogP contribution in [0.4, 0.5) is 0 Å². The van der Waals surface area contributed by atoms with Crippen molar-refractivity contribution in [2.45, 2.75) is 12.5 Å². The third-order valence-corrected chi connectivity index (χ3v) is 1.98. The zero-order valence-corrected chi connectivity index (χ0v) is 8.07. The highest BCUT2D eigenvalue weighted by Crippen LogP contribution is 2.12. The van der Waals surface area contributed by atoms with Gasteiger partial charge in [0.15, 0.2) is 0 Å². The van der Waals surface area contributed by atoms with E-state index in [1.54, 1.807) is 7.11 Å². The molecular weight excluding hydrogens is 180 g/mol. The fourth-order valence-corrected chi connectivity index (χ4v) is 1.12. The van der Waals surface area contributed by atoms with E-state index in [0.29, 0.717) is 6.42 Å². The molecule has 0 aliphatic heterocycles. The minimum atomic E-state index is -0.622. The molecule has 0 unspecified atom stereocenters. The Morgan fingerprint density at radius 3 is 2.43 bits per heavy atom. The number of primary amides is 1. The number of ether oxygens (including phenoxy) is 1.